The maximum absolute atomic E-state index is 5.71. The number of rotatable bonds is 11. The van der Waals surface area contributed by atoms with Crippen LogP contribution in [0.15, 0.2) is 0 Å². The third-order valence-electron chi connectivity index (χ3n) is 3.49. The Balaban J connectivity index is 1.72. The average Bonchev–Trinajstić information content (AvgIpc) is 2.29. The zero-order valence-electron chi connectivity index (χ0n) is 11.8. The molecule has 1 aliphatic heterocycles. The van der Waals surface area contributed by atoms with Gasteiger partial charge in [0.2, 0.25) is 0 Å². The summed E-state index contributed by atoms with van der Waals surface area (Å²) in [5.74, 6) is 0. The fraction of sp³-hybridized carbons (Fsp3) is 1.00. The van der Waals surface area contributed by atoms with E-state index in [0.29, 0.717) is 5.41 Å². The molecule has 0 unspecified atom stereocenters. The van der Waals surface area contributed by atoms with Gasteiger partial charge in [-0.3, -0.25) is 0 Å². The SMILES string of the molecule is CCCCCCCCCCOCC1(C)COC1. The average molecular weight is 242 g/mol. The minimum absolute atomic E-state index is 0.320. The summed E-state index contributed by atoms with van der Waals surface area (Å²) in [6.07, 6.45) is 10.9. The summed E-state index contributed by atoms with van der Waals surface area (Å²) in [6, 6.07) is 0. The molecule has 0 aromatic rings. The van der Waals surface area contributed by atoms with E-state index in [1.54, 1.807) is 0 Å². The highest BCUT2D eigenvalue weighted by Crippen LogP contribution is 2.26. The van der Waals surface area contributed by atoms with Gasteiger partial charge in [-0.2, -0.15) is 0 Å². The summed E-state index contributed by atoms with van der Waals surface area (Å²) in [5, 5.41) is 0. The second-order valence-electron chi connectivity index (χ2n) is 5.83. The standard InChI is InChI=1S/C15H30O2/c1-3-4-5-6-7-8-9-10-11-16-12-15(2)13-17-14-15/h3-14H2,1-2H3. The van der Waals surface area contributed by atoms with Crippen LogP contribution >= 0.6 is 0 Å². The van der Waals surface area contributed by atoms with Crippen LogP contribution in [0.5, 0.6) is 0 Å². The largest absolute Gasteiger partial charge is 0.381 e. The molecule has 2 heteroatoms. The van der Waals surface area contributed by atoms with Crippen molar-refractivity contribution in [1.29, 1.82) is 0 Å². The van der Waals surface area contributed by atoms with Crippen molar-refractivity contribution in [2.24, 2.45) is 5.41 Å². The molecule has 102 valence electrons. The first-order valence-corrected chi connectivity index (χ1v) is 7.42. The van der Waals surface area contributed by atoms with Crippen molar-refractivity contribution in [1.82, 2.24) is 0 Å². The maximum atomic E-state index is 5.71. The first kappa shape index (κ1) is 15.0. The van der Waals surface area contributed by atoms with E-state index in [2.05, 4.69) is 13.8 Å². The monoisotopic (exact) mass is 242 g/mol. The molecule has 1 heterocycles. The molecule has 1 rings (SSSR count). The molecule has 0 N–H and O–H groups in total. The molecule has 0 atom stereocenters. The summed E-state index contributed by atoms with van der Waals surface area (Å²) < 4.78 is 10.9. The maximum Gasteiger partial charge on any atom is 0.0564 e. The molecule has 0 saturated carbocycles. The molecule has 0 aromatic carbocycles. The fourth-order valence-corrected chi connectivity index (χ4v) is 2.19. The van der Waals surface area contributed by atoms with E-state index < -0.39 is 0 Å². The molecule has 1 aliphatic rings. The molecule has 1 fully saturated rings. The van der Waals surface area contributed by atoms with Crippen molar-refractivity contribution < 1.29 is 9.47 Å². The predicted octanol–water partition coefficient (Wildman–Crippen LogP) is 4.18. The van der Waals surface area contributed by atoms with E-state index in [9.17, 15) is 0 Å². The highest BCUT2D eigenvalue weighted by atomic mass is 16.5. The first-order valence-electron chi connectivity index (χ1n) is 7.42. The van der Waals surface area contributed by atoms with E-state index in [1.807, 2.05) is 0 Å². The topological polar surface area (TPSA) is 18.5 Å². The Morgan fingerprint density at radius 1 is 0.941 bits per heavy atom. The van der Waals surface area contributed by atoms with Crippen molar-refractivity contribution in [3.05, 3.63) is 0 Å². The fourth-order valence-electron chi connectivity index (χ4n) is 2.19. The third kappa shape index (κ3) is 7.05. The van der Waals surface area contributed by atoms with E-state index in [0.717, 1.165) is 26.4 Å². The second kappa shape index (κ2) is 8.93. The summed E-state index contributed by atoms with van der Waals surface area (Å²) in [5.41, 5.74) is 0.320. The van der Waals surface area contributed by atoms with Crippen LogP contribution in [-0.2, 0) is 9.47 Å². The van der Waals surface area contributed by atoms with Crippen LogP contribution in [0.25, 0.3) is 0 Å². The van der Waals surface area contributed by atoms with E-state index in [4.69, 9.17) is 9.47 Å². The quantitative estimate of drug-likeness (QED) is 0.506. The minimum atomic E-state index is 0.320. The summed E-state index contributed by atoms with van der Waals surface area (Å²) >= 11 is 0. The third-order valence-corrected chi connectivity index (χ3v) is 3.49. The summed E-state index contributed by atoms with van der Waals surface area (Å²) in [7, 11) is 0. The second-order valence-corrected chi connectivity index (χ2v) is 5.83. The lowest BCUT2D eigenvalue weighted by molar-refractivity contribution is -0.137. The van der Waals surface area contributed by atoms with E-state index >= 15 is 0 Å². The highest BCUT2D eigenvalue weighted by molar-refractivity contribution is 4.79. The lowest BCUT2D eigenvalue weighted by Gasteiger charge is -2.37. The van der Waals surface area contributed by atoms with Gasteiger partial charge in [0.05, 0.1) is 19.8 Å². The smallest absolute Gasteiger partial charge is 0.0564 e. The number of ether oxygens (including phenoxy) is 2. The van der Waals surface area contributed by atoms with Gasteiger partial charge in [0.1, 0.15) is 0 Å². The van der Waals surface area contributed by atoms with Crippen molar-refractivity contribution in [2.45, 2.75) is 65.2 Å². The first-order chi connectivity index (χ1) is 8.27. The van der Waals surface area contributed by atoms with Crippen molar-refractivity contribution in [3.63, 3.8) is 0 Å². The lowest BCUT2D eigenvalue weighted by atomic mass is 9.90. The molecule has 17 heavy (non-hydrogen) atoms. The summed E-state index contributed by atoms with van der Waals surface area (Å²) in [4.78, 5) is 0. The van der Waals surface area contributed by atoms with Gasteiger partial charge < -0.3 is 9.47 Å². The van der Waals surface area contributed by atoms with Crippen LogP contribution in [0.4, 0.5) is 0 Å². The van der Waals surface area contributed by atoms with Gasteiger partial charge in [-0.15, -0.1) is 0 Å². The zero-order valence-corrected chi connectivity index (χ0v) is 11.8. The number of hydrogen-bond acceptors (Lipinski definition) is 2. The van der Waals surface area contributed by atoms with Crippen molar-refractivity contribution in [3.8, 4) is 0 Å². The Morgan fingerprint density at radius 2 is 1.53 bits per heavy atom. The Bertz CT molecular complexity index is 176. The molecule has 0 bridgehead atoms. The molecule has 0 aliphatic carbocycles. The number of hydrogen-bond donors (Lipinski definition) is 0. The molecule has 0 aromatic heterocycles. The van der Waals surface area contributed by atoms with E-state index in [-0.39, 0.29) is 0 Å². The Hall–Kier alpha value is -0.0800. The predicted molar refractivity (Wildman–Crippen MR) is 72.4 cm³/mol. The minimum Gasteiger partial charge on any atom is -0.381 e. The van der Waals surface area contributed by atoms with Crippen LogP contribution in [0, 0.1) is 5.41 Å². The summed E-state index contributed by atoms with van der Waals surface area (Å²) in [6.45, 7) is 8.08. The van der Waals surface area contributed by atoms with Gasteiger partial charge in [0.15, 0.2) is 0 Å². The van der Waals surface area contributed by atoms with Crippen LogP contribution in [-0.4, -0.2) is 26.4 Å². The van der Waals surface area contributed by atoms with Gasteiger partial charge in [0.25, 0.3) is 0 Å². The Morgan fingerprint density at radius 3 is 2.06 bits per heavy atom. The Labute approximate surface area is 107 Å². The normalized spacial score (nSPS) is 18.0. The zero-order chi connectivity index (χ0) is 12.4. The molecule has 0 spiro atoms. The van der Waals surface area contributed by atoms with E-state index in [1.165, 1.54) is 51.4 Å². The van der Waals surface area contributed by atoms with Crippen molar-refractivity contribution in [2.75, 3.05) is 26.4 Å². The highest BCUT2D eigenvalue weighted by Gasteiger charge is 2.33. The molecular weight excluding hydrogens is 212 g/mol. The molecule has 0 radical (unpaired) electrons. The van der Waals surface area contributed by atoms with Crippen molar-refractivity contribution >= 4 is 0 Å². The molecule has 0 amide bonds. The molecular formula is C15H30O2. The van der Waals surface area contributed by atoms with Gasteiger partial charge in [-0.1, -0.05) is 58.8 Å². The van der Waals surface area contributed by atoms with Crippen LogP contribution in [0.1, 0.15) is 65.2 Å². The number of unbranched alkanes of at least 4 members (excludes halogenated alkanes) is 7. The van der Waals surface area contributed by atoms with Crippen LogP contribution in [0.3, 0.4) is 0 Å². The van der Waals surface area contributed by atoms with Gasteiger partial charge in [-0.25, -0.2) is 0 Å². The van der Waals surface area contributed by atoms with Crippen LogP contribution in [0.2, 0.25) is 0 Å². The van der Waals surface area contributed by atoms with Gasteiger partial charge in [-0.05, 0) is 6.42 Å². The van der Waals surface area contributed by atoms with Gasteiger partial charge in [0, 0.05) is 12.0 Å². The van der Waals surface area contributed by atoms with Crippen LogP contribution < -0.4 is 0 Å². The lowest BCUT2D eigenvalue weighted by Crippen LogP contribution is -2.43. The Kier molecular flexibility index (Phi) is 7.87. The molecule has 1 saturated heterocycles. The molecule has 2 nitrogen and oxygen atoms in total. The van der Waals surface area contributed by atoms with Gasteiger partial charge >= 0.3 is 0 Å².